The SMILES string of the molecule is CC(C)C[C@@H](C)C(=O)N[C@H]1C(=O)N[C@@H](CC(N)=O)C(=O)N[C@H]2C(=O)NC3C(=O)N[C@H](C(=O)N[C@@H](C(=O)O)c4cc(O)cc(O)c4-c4cc3ccc4O)[C@H](O)c3ccc(c(Cl)c3)Oc3cc2cc(c3OC2OC(CN=[N+]=[N-])C(O)C(O)C2OC2CC(C)(N)C(O)C(C)O2)Oc2ccc(cc2Cl)[C@H]1O. The molecular formula is C66H73Cl2N11O23. The minimum absolute atomic E-state index is 0.0455. The van der Waals surface area contributed by atoms with Crippen LogP contribution in [0.25, 0.3) is 21.6 Å². The number of ether oxygens (including phenoxy) is 6. The molecule has 102 heavy (non-hydrogen) atoms. The molecule has 7 aliphatic heterocycles. The normalized spacial score (nSPS) is 29.1. The highest BCUT2D eigenvalue weighted by Crippen LogP contribution is 2.50. The van der Waals surface area contributed by atoms with Crippen LogP contribution in [0, 0.1) is 11.8 Å². The number of azide groups is 1. The van der Waals surface area contributed by atoms with Crippen LogP contribution in [0.4, 0.5) is 0 Å². The molecule has 10 unspecified atom stereocenters. The van der Waals surface area contributed by atoms with Gasteiger partial charge in [-0.25, -0.2) is 4.79 Å². The van der Waals surface area contributed by atoms with Crippen LogP contribution in [0.15, 0.2) is 84.0 Å². The average Bonchev–Trinajstić information content (AvgIpc) is 0.767. The zero-order chi connectivity index (χ0) is 74.2. The van der Waals surface area contributed by atoms with Crippen molar-refractivity contribution in [1.82, 2.24) is 31.9 Å². The van der Waals surface area contributed by atoms with Crippen molar-refractivity contribution in [2.45, 2.75) is 157 Å². The molecule has 5 aromatic rings. The Morgan fingerprint density at radius 1 is 0.735 bits per heavy atom. The topological polar surface area (TPSA) is 547 Å². The van der Waals surface area contributed by atoms with Gasteiger partial charge < -0.3 is 118 Å². The lowest BCUT2D eigenvalue weighted by atomic mass is 9.86. The molecule has 0 saturated carbocycles. The number of primary amides is 1. The third-order valence-electron chi connectivity index (χ3n) is 17.8. The van der Waals surface area contributed by atoms with E-state index in [1.54, 1.807) is 6.92 Å². The molecule has 0 aliphatic carbocycles. The molecular weight excluding hydrogens is 1390 g/mol. The van der Waals surface area contributed by atoms with Gasteiger partial charge in [0.05, 0.1) is 41.3 Å². The number of amides is 7. The summed E-state index contributed by atoms with van der Waals surface area (Å²) in [6.07, 6.45) is -18.5. The van der Waals surface area contributed by atoms with E-state index in [2.05, 4.69) is 41.9 Å². The second-order valence-corrected chi connectivity index (χ2v) is 26.8. The molecule has 36 heteroatoms. The molecule has 11 bridgehead atoms. The number of halogens is 2. The van der Waals surface area contributed by atoms with Gasteiger partial charge in [0, 0.05) is 45.5 Å². The number of phenols is 3. The monoisotopic (exact) mass is 1460 g/mol. The van der Waals surface area contributed by atoms with Gasteiger partial charge in [0.2, 0.25) is 53.4 Å². The number of nitrogens with one attached hydrogen (secondary N) is 6. The Morgan fingerprint density at radius 3 is 1.94 bits per heavy atom. The van der Waals surface area contributed by atoms with Crippen molar-refractivity contribution in [2.75, 3.05) is 6.54 Å². The summed E-state index contributed by atoms with van der Waals surface area (Å²) in [7, 11) is 0. The molecule has 7 amide bonds. The van der Waals surface area contributed by atoms with Crippen LogP contribution in [-0.2, 0) is 52.6 Å². The standard InChI is InChI=1S/C66H73Cl2N11O23/c1-23(2)12-24(3)58(89)77-49-51(84)27-7-10-38(33(67)14-27)98-40-16-29-17-41(55(40)102-65-56(54(87)53(86)42(100-65)22-72-79-71)101-44-21-66(5,70)57(88)25(4)97-44)99-39-11-8-28(15-34(39)68)52(85)50-63(94)76-48(64(95)96)32-18-30(80)19-37(82)45(32)31-13-26(6-9-36(31)81)46(60(91)78-50)75-61(92)47(29)74-59(90)35(20-43(69)83)73-62(49)93/h6-11,13-19,23-25,35,42,44,46-54,56-57,65,80-82,84-88H,12,20-22,70H2,1-5H3,(H2,69,83)(H,73,93)(H,74,90)(H,75,92)(H,76,94)(H,77,89)(H,78,91)(H,95,96)/t24-,25?,35+,42?,44?,46?,47-,48-,49-,50+,51-,52-,53?,54?,56?,57?,65?,66?/m1/s1. The quantitative estimate of drug-likeness (QED) is 0.0457. The number of phenolic OH excluding ortho intramolecular Hbond substituents is 3. The molecule has 7 aliphatic rings. The van der Waals surface area contributed by atoms with Gasteiger partial charge in [0.15, 0.2) is 29.9 Å². The second-order valence-electron chi connectivity index (χ2n) is 26.0. The van der Waals surface area contributed by atoms with E-state index in [-0.39, 0.29) is 39.8 Å². The number of carbonyl (C=O) groups is 8. The summed E-state index contributed by atoms with van der Waals surface area (Å²) < 4.78 is 38.6. The van der Waals surface area contributed by atoms with E-state index in [0.717, 1.165) is 66.7 Å². The van der Waals surface area contributed by atoms with Crippen LogP contribution < -0.4 is 57.6 Å². The molecule has 7 heterocycles. The van der Waals surface area contributed by atoms with Crippen LogP contribution in [0.1, 0.15) is 112 Å². The summed E-state index contributed by atoms with van der Waals surface area (Å²) in [5, 5.41) is 121. The Labute approximate surface area is 589 Å². The summed E-state index contributed by atoms with van der Waals surface area (Å²) in [6.45, 7) is 7.55. The first-order valence-electron chi connectivity index (χ1n) is 31.8. The smallest absolute Gasteiger partial charge is 0.330 e. The van der Waals surface area contributed by atoms with E-state index >= 15 is 14.4 Å². The minimum Gasteiger partial charge on any atom is -0.508 e. The average molecular weight is 1460 g/mol. The molecule has 19 N–H and O–H groups in total. The Kier molecular flexibility index (Phi) is 22.3. The largest absolute Gasteiger partial charge is 0.508 e. The lowest BCUT2D eigenvalue weighted by molar-refractivity contribution is -0.330. The number of aliphatic hydroxyl groups is 5. The first kappa shape index (κ1) is 74.9. The fraction of sp³-hybridized carbons (Fsp3) is 0.424. The first-order chi connectivity index (χ1) is 48.1. The maximum atomic E-state index is 16.0. The van der Waals surface area contributed by atoms with Gasteiger partial charge in [-0.15, -0.1) is 0 Å². The number of aromatic hydroxyl groups is 3. The fourth-order valence-electron chi connectivity index (χ4n) is 12.6. The molecule has 544 valence electrons. The highest BCUT2D eigenvalue weighted by atomic mass is 35.5. The number of hydrogen-bond acceptors (Lipinski definition) is 24. The van der Waals surface area contributed by atoms with Crippen molar-refractivity contribution in [3.8, 4) is 57.1 Å². The molecule has 0 radical (unpaired) electrons. The summed E-state index contributed by atoms with van der Waals surface area (Å²) in [5.74, 6) is -16.7. The lowest BCUT2D eigenvalue weighted by Crippen LogP contribution is -2.64. The van der Waals surface area contributed by atoms with Crippen molar-refractivity contribution in [3.63, 3.8) is 0 Å². The van der Waals surface area contributed by atoms with Gasteiger partial charge in [0.1, 0.15) is 83.4 Å². The van der Waals surface area contributed by atoms with Crippen molar-refractivity contribution in [1.29, 1.82) is 0 Å². The predicted molar refractivity (Wildman–Crippen MR) is 353 cm³/mol. The molecule has 12 rings (SSSR count). The third-order valence-corrected chi connectivity index (χ3v) is 18.4. The molecule has 2 saturated heterocycles. The van der Waals surface area contributed by atoms with E-state index in [0.29, 0.717) is 6.42 Å². The predicted octanol–water partition coefficient (Wildman–Crippen LogP) is 2.47. The van der Waals surface area contributed by atoms with Crippen LogP contribution in [0.3, 0.4) is 0 Å². The number of nitrogens with zero attached hydrogens (tertiary/aromatic N) is 3. The Balaban J connectivity index is 1.25. The number of carboxylic acid groups (broad SMARTS) is 1. The van der Waals surface area contributed by atoms with Gasteiger partial charge in [-0.1, -0.05) is 67.3 Å². The number of carbonyl (C=O) groups excluding carboxylic acids is 7. The number of nitrogens with two attached hydrogens (primary N) is 2. The van der Waals surface area contributed by atoms with Crippen molar-refractivity contribution in [2.24, 2.45) is 28.4 Å². The van der Waals surface area contributed by atoms with Gasteiger partial charge in [0.25, 0.3) is 0 Å². The summed E-state index contributed by atoms with van der Waals surface area (Å²) >= 11 is 14.1. The molecule has 34 nitrogen and oxygen atoms in total. The summed E-state index contributed by atoms with van der Waals surface area (Å²) in [6, 6.07) is 0.294. The summed E-state index contributed by atoms with van der Waals surface area (Å²) in [4.78, 5) is 119. The highest BCUT2D eigenvalue weighted by Gasteiger charge is 2.51. The molecule has 0 aromatic heterocycles. The van der Waals surface area contributed by atoms with Gasteiger partial charge >= 0.3 is 5.97 Å². The van der Waals surface area contributed by atoms with Crippen molar-refractivity contribution < 1.29 is 113 Å². The van der Waals surface area contributed by atoms with Crippen molar-refractivity contribution >= 4 is 70.5 Å². The molecule has 5 aromatic carbocycles. The van der Waals surface area contributed by atoms with Gasteiger partial charge in [-0.2, -0.15) is 0 Å². The number of benzene rings is 5. The van der Waals surface area contributed by atoms with E-state index in [9.17, 15) is 75.5 Å². The maximum absolute atomic E-state index is 16.0. The highest BCUT2D eigenvalue weighted by molar-refractivity contribution is 6.32. The van der Waals surface area contributed by atoms with Crippen LogP contribution in [0.5, 0.6) is 46.0 Å². The number of aliphatic carboxylic acids is 1. The van der Waals surface area contributed by atoms with Crippen molar-refractivity contribution in [3.05, 3.63) is 127 Å². The Bertz CT molecular complexity index is 4200. The fourth-order valence-corrected chi connectivity index (χ4v) is 13.1. The Hall–Kier alpha value is -9.81. The zero-order valence-electron chi connectivity index (χ0n) is 54.7. The number of aliphatic hydroxyl groups excluding tert-OH is 5. The molecule has 0 spiro atoms. The van der Waals surface area contributed by atoms with Crippen LogP contribution >= 0.6 is 23.2 Å². The number of rotatable bonds is 13. The van der Waals surface area contributed by atoms with Crippen LogP contribution in [-0.4, -0.2) is 173 Å². The number of hydrogen-bond donors (Lipinski definition) is 17. The third kappa shape index (κ3) is 15.9. The van der Waals surface area contributed by atoms with E-state index in [4.69, 9.17) is 63.1 Å². The Morgan fingerprint density at radius 2 is 1.34 bits per heavy atom. The van der Waals surface area contributed by atoms with E-state index in [1.807, 2.05) is 13.8 Å². The van der Waals surface area contributed by atoms with Crippen LogP contribution in [0.2, 0.25) is 10.0 Å². The second kappa shape index (κ2) is 30.4. The van der Waals surface area contributed by atoms with E-state index < -0.39 is 237 Å². The minimum atomic E-state index is -2.35. The zero-order valence-corrected chi connectivity index (χ0v) is 56.2. The van der Waals surface area contributed by atoms with E-state index in [1.165, 1.54) is 26.0 Å². The maximum Gasteiger partial charge on any atom is 0.330 e. The lowest BCUT2D eigenvalue weighted by Gasteiger charge is -2.47. The molecule has 18 atom stereocenters. The van der Waals surface area contributed by atoms with Gasteiger partial charge in [-0.3, -0.25) is 33.6 Å². The summed E-state index contributed by atoms with van der Waals surface area (Å²) in [5.41, 5.74) is 17.4. The number of fused-ring (bicyclic) bond motifs is 15. The number of carboxylic acids is 1. The first-order valence-corrected chi connectivity index (χ1v) is 32.6. The van der Waals surface area contributed by atoms with Gasteiger partial charge in [-0.05, 0) is 109 Å². The molecule has 2 fully saturated rings.